The van der Waals surface area contributed by atoms with Crippen LogP contribution in [0.3, 0.4) is 0 Å². The van der Waals surface area contributed by atoms with Crippen molar-refractivity contribution in [3.63, 3.8) is 0 Å². The summed E-state index contributed by atoms with van der Waals surface area (Å²) in [6.45, 7) is 0.840. The Hall–Kier alpha value is -1.93. The molecule has 3 rings (SSSR count). The van der Waals surface area contributed by atoms with Gasteiger partial charge in [0.25, 0.3) is 0 Å². The Labute approximate surface area is 124 Å². The number of carboxylic acid groups (broad SMARTS) is 1. The van der Waals surface area contributed by atoms with Gasteiger partial charge in [0, 0.05) is 31.2 Å². The Bertz CT molecular complexity index is 567. The van der Waals surface area contributed by atoms with Crippen molar-refractivity contribution in [1.29, 1.82) is 5.26 Å². The van der Waals surface area contributed by atoms with Crippen molar-refractivity contribution in [2.45, 2.75) is 50.7 Å². The van der Waals surface area contributed by atoms with E-state index in [9.17, 15) is 4.79 Å². The molecule has 2 bridgehead atoms. The van der Waals surface area contributed by atoms with Crippen molar-refractivity contribution >= 4 is 5.97 Å². The summed E-state index contributed by atoms with van der Waals surface area (Å²) in [6.07, 6.45) is 6.29. The standard InChI is InChI=1S/C16H19N3O2/c17-9-13-5-11(3-4-18-13)10-19-14-1-2-15(19)7-12(6-14)8-16(20)21/h3-5,12,14-15H,1-2,6-8,10H2,(H,20,21). The van der Waals surface area contributed by atoms with Crippen LogP contribution in [0.5, 0.6) is 0 Å². The second-order valence-electron chi connectivity index (χ2n) is 6.15. The lowest BCUT2D eigenvalue weighted by Gasteiger charge is -2.38. The predicted molar refractivity (Wildman–Crippen MR) is 76.3 cm³/mol. The summed E-state index contributed by atoms with van der Waals surface area (Å²) < 4.78 is 0. The number of aliphatic carboxylic acids is 1. The zero-order valence-corrected chi connectivity index (χ0v) is 11.9. The van der Waals surface area contributed by atoms with Gasteiger partial charge >= 0.3 is 5.97 Å². The maximum absolute atomic E-state index is 10.9. The minimum Gasteiger partial charge on any atom is -0.481 e. The van der Waals surface area contributed by atoms with Crippen LogP contribution in [0.15, 0.2) is 18.3 Å². The van der Waals surface area contributed by atoms with Crippen LogP contribution in [0.4, 0.5) is 0 Å². The van der Waals surface area contributed by atoms with Crippen LogP contribution in [-0.2, 0) is 11.3 Å². The summed E-state index contributed by atoms with van der Waals surface area (Å²) in [7, 11) is 0. The number of hydrogen-bond donors (Lipinski definition) is 1. The van der Waals surface area contributed by atoms with Crippen molar-refractivity contribution in [1.82, 2.24) is 9.88 Å². The summed E-state index contributed by atoms with van der Waals surface area (Å²) >= 11 is 0. The zero-order chi connectivity index (χ0) is 14.8. The second kappa shape index (κ2) is 5.82. The lowest BCUT2D eigenvalue weighted by molar-refractivity contribution is -0.138. The average Bonchev–Trinajstić information content (AvgIpc) is 2.70. The molecular weight excluding hydrogens is 266 g/mol. The maximum Gasteiger partial charge on any atom is 0.303 e. The first-order valence-electron chi connectivity index (χ1n) is 7.48. The smallest absolute Gasteiger partial charge is 0.303 e. The Kier molecular flexibility index (Phi) is 3.89. The topological polar surface area (TPSA) is 77.2 Å². The number of carboxylic acids is 1. The largest absolute Gasteiger partial charge is 0.481 e. The van der Waals surface area contributed by atoms with Crippen LogP contribution in [-0.4, -0.2) is 33.0 Å². The molecular formula is C16H19N3O2. The fourth-order valence-electron chi connectivity index (χ4n) is 3.90. The highest BCUT2D eigenvalue weighted by Gasteiger charge is 2.40. The summed E-state index contributed by atoms with van der Waals surface area (Å²) in [6, 6.07) is 6.87. The van der Waals surface area contributed by atoms with Crippen molar-refractivity contribution in [2.75, 3.05) is 0 Å². The molecule has 2 unspecified atom stereocenters. The van der Waals surface area contributed by atoms with Crippen LogP contribution < -0.4 is 0 Å². The molecule has 2 aliphatic heterocycles. The highest BCUT2D eigenvalue weighted by Crippen LogP contribution is 2.40. The van der Waals surface area contributed by atoms with Gasteiger partial charge in [-0.1, -0.05) is 0 Å². The molecule has 2 fully saturated rings. The fraction of sp³-hybridized carbons (Fsp3) is 0.562. The molecule has 0 spiro atoms. The lowest BCUT2D eigenvalue weighted by Crippen LogP contribution is -2.42. The molecule has 0 saturated carbocycles. The molecule has 110 valence electrons. The minimum absolute atomic E-state index is 0.300. The van der Waals surface area contributed by atoms with E-state index in [1.54, 1.807) is 6.20 Å². The number of nitriles is 1. The molecule has 5 heteroatoms. The van der Waals surface area contributed by atoms with Crippen molar-refractivity contribution in [3.05, 3.63) is 29.6 Å². The van der Waals surface area contributed by atoms with Crippen LogP contribution >= 0.6 is 0 Å². The maximum atomic E-state index is 10.9. The first kappa shape index (κ1) is 14.0. The van der Waals surface area contributed by atoms with E-state index in [1.165, 1.54) is 0 Å². The highest BCUT2D eigenvalue weighted by atomic mass is 16.4. The molecule has 0 aromatic carbocycles. The Balaban J connectivity index is 1.68. The van der Waals surface area contributed by atoms with Gasteiger partial charge in [-0.3, -0.25) is 9.69 Å². The van der Waals surface area contributed by atoms with Gasteiger partial charge in [-0.2, -0.15) is 5.26 Å². The number of rotatable bonds is 4. The molecule has 0 aliphatic carbocycles. The SMILES string of the molecule is N#Cc1cc(CN2C3CCC2CC(CC(=O)O)C3)ccn1. The molecule has 2 saturated heterocycles. The predicted octanol–water partition coefficient (Wildman–Crippen LogP) is 2.17. The lowest BCUT2D eigenvalue weighted by atomic mass is 9.88. The normalized spacial score (nSPS) is 28.2. The number of hydrogen-bond acceptors (Lipinski definition) is 4. The van der Waals surface area contributed by atoms with E-state index in [0.717, 1.165) is 37.8 Å². The quantitative estimate of drug-likeness (QED) is 0.917. The van der Waals surface area contributed by atoms with E-state index < -0.39 is 5.97 Å². The van der Waals surface area contributed by atoms with Gasteiger partial charge in [-0.15, -0.1) is 0 Å². The first-order chi connectivity index (χ1) is 10.2. The highest BCUT2D eigenvalue weighted by molar-refractivity contribution is 5.67. The summed E-state index contributed by atoms with van der Waals surface area (Å²) in [5.41, 5.74) is 1.58. The molecule has 0 radical (unpaired) electrons. The summed E-state index contributed by atoms with van der Waals surface area (Å²) in [4.78, 5) is 17.4. The van der Waals surface area contributed by atoms with E-state index in [4.69, 9.17) is 10.4 Å². The van der Waals surface area contributed by atoms with Crippen LogP contribution in [0.1, 0.15) is 43.4 Å². The number of carbonyl (C=O) groups is 1. The minimum atomic E-state index is -0.680. The third-order valence-electron chi connectivity index (χ3n) is 4.75. The molecule has 3 heterocycles. The van der Waals surface area contributed by atoms with E-state index in [2.05, 4.69) is 16.0 Å². The number of aromatic nitrogens is 1. The van der Waals surface area contributed by atoms with Gasteiger partial charge in [-0.25, -0.2) is 4.98 Å². The Morgan fingerprint density at radius 2 is 2.14 bits per heavy atom. The third kappa shape index (κ3) is 3.06. The summed E-state index contributed by atoms with van der Waals surface area (Å²) in [5, 5.41) is 17.9. The van der Waals surface area contributed by atoms with Gasteiger partial charge in [-0.05, 0) is 49.3 Å². The fourth-order valence-corrected chi connectivity index (χ4v) is 3.90. The zero-order valence-electron chi connectivity index (χ0n) is 11.9. The third-order valence-corrected chi connectivity index (χ3v) is 4.75. The number of pyridine rings is 1. The van der Waals surface area contributed by atoms with Crippen molar-refractivity contribution in [2.24, 2.45) is 5.92 Å². The van der Waals surface area contributed by atoms with Gasteiger partial charge in [0.1, 0.15) is 11.8 Å². The molecule has 0 amide bonds. The number of piperidine rings is 1. The van der Waals surface area contributed by atoms with E-state index >= 15 is 0 Å². The molecule has 2 atom stereocenters. The van der Waals surface area contributed by atoms with E-state index in [1.807, 2.05) is 12.1 Å². The first-order valence-corrected chi connectivity index (χ1v) is 7.48. The number of nitrogens with zero attached hydrogens (tertiary/aromatic N) is 3. The van der Waals surface area contributed by atoms with E-state index in [0.29, 0.717) is 30.1 Å². The van der Waals surface area contributed by atoms with Gasteiger partial charge < -0.3 is 5.11 Å². The molecule has 1 aromatic rings. The Morgan fingerprint density at radius 1 is 1.43 bits per heavy atom. The second-order valence-corrected chi connectivity index (χ2v) is 6.15. The monoisotopic (exact) mass is 285 g/mol. The molecule has 1 aromatic heterocycles. The van der Waals surface area contributed by atoms with Gasteiger partial charge in [0.05, 0.1) is 0 Å². The van der Waals surface area contributed by atoms with Crippen molar-refractivity contribution in [3.8, 4) is 6.07 Å². The van der Waals surface area contributed by atoms with Crippen LogP contribution in [0, 0.1) is 17.2 Å². The Morgan fingerprint density at radius 3 is 2.76 bits per heavy atom. The van der Waals surface area contributed by atoms with Gasteiger partial charge in [0.15, 0.2) is 0 Å². The summed E-state index contributed by atoms with van der Waals surface area (Å²) in [5.74, 6) is -0.357. The van der Waals surface area contributed by atoms with E-state index in [-0.39, 0.29) is 0 Å². The van der Waals surface area contributed by atoms with Gasteiger partial charge in [0.2, 0.25) is 0 Å². The molecule has 1 N–H and O–H groups in total. The number of fused-ring (bicyclic) bond motifs is 2. The molecule has 21 heavy (non-hydrogen) atoms. The molecule has 5 nitrogen and oxygen atoms in total. The van der Waals surface area contributed by atoms with Crippen molar-refractivity contribution < 1.29 is 9.90 Å². The molecule has 2 aliphatic rings. The van der Waals surface area contributed by atoms with Crippen LogP contribution in [0.25, 0.3) is 0 Å². The average molecular weight is 285 g/mol. The van der Waals surface area contributed by atoms with Crippen LogP contribution in [0.2, 0.25) is 0 Å².